The van der Waals surface area contributed by atoms with Crippen molar-refractivity contribution in [1.82, 2.24) is 15.4 Å². The second-order valence-corrected chi connectivity index (χ2v) is 7.75. The van der Waals surface area contributed by atoms with Gasteiger partial charge in [0, 0.05) is 24.2 Å². The summed E-state index contributed by atoms with van der Waals surface area (Å²) in [5.74, 6) is -2.14. The first-order valence-corrected chi connectivity index (χ1v) is 10.4. The fraction of sp³-hybridized carbons (Fsp3) is 0.160. The van der Waals surface area contributed by atoms with Gasteiger partial charge in [0.1, 0.15) is 17.4 Å². The van der Waals surface area contributed by atoms with Crippen molar-refractivity contribution in [2.75, 3.05) is 0 Å². The fourth-order valence-electron chi connectivity index (χ4n) is 3.31. The lowest BCUT2D eigenvalue weighted by molar-refractivity contribution is 0.0699. The number of furan rings is 1. The average molecular weight is 465 g/mol. The molecule has 0 aliphatic heterocycles. The van der Waals surface area contributed by atoms with Crippen molar-refractivity contribution < 1.29 is 27.3 Å². The number of hydrogen-bond donors (Lipinski definition) is 1. The highest BCUT2D eigenvalue weighted by Crippen LogP contribution is 2.17. The van der Waals surface area contributed by atoms with Crippen molar-refractivity contribution in [3.63, 3.8) is 0 Å². The largest absolute Gasteiger partial charge is 0.467 e. The van der Waals surface area contributed by atoms with Crippen LogP contribution >= 0.6 is 0 Å². The molecule has 4 rings (SSSR count). The molecule has 0 radical (unpaired) electrons. The number of benzene rings is 2. The van der Waals surface area contributed by atoms with Crippen molar-refractivity contribution in [3.05, 3.63) is 112 Å². The van der Waals surface area contributed by atoms with E-state index in [4.69, 9.17) is 8.94 Å². The third-order valence-electron chi connectivity index (χ3n) is 5.04. The minimum atomic E-state index is -0.867. The van der Waals surface area contributed by atoms with Gasteiger partial charge < -0.3 is 19.2 Å². The highest BCUT2D eigenvalue weighted by Gasteiger charge is 2.22. The van der Waals surface area contributed by atoms with Crippen LogP contribution in [0.1, 0.15) is 43.5 Å². The molecule has 174 valence electrons. The van der Waals surface area contributed by atoms with E-state index in [0.29, 0.717) is 18.4 Å². The maximum Gasteiger partial charge on any atom is 0.273 e. The van der Waals surface area contributed by atoms with Crippen molar-refractivity contribution in [1.29, 1.82) is 0 Å². The number of aromatic nitrogens is 1. The van der Waals surface area contributed by atoms with Crippen LogP contribution in [0.15, 0.2) is 75.9 Å². The third kappa shape index (κ3) is 5.74. The van der Waals surface area contributed by atoms with E-state index in [1.807, 2.05) is 31.2 Å². The third-order valence-corrected chi connectivity index (χ3v) is 5.04. The molecule has 1 N–H and O–H groups in total. The molecule has 0 fully saturated rings. The normalized spacial score (nSPS) is 10.8. The molecule has 0 unspecified atom stereocenters. The maximum absolute atomic E-state index is 13.7. The van der Waals surface area contributed by atoms with Gasteiger partial charge in [0.2, 0.25) is 0 Å². The zero-order chi connectivity index (χ0) is 24.1. The van der Waals surface area contributed by atoms with Crippen LogP contribution in [-0.2, 0) is 19.6 Å². The Morgan fingerprint density at radius 3 is 2.35 bits per heavy atom. The summed E-state index contributed by atoms with van der Waals surface area (Å²) < 4.78 is 37.9. The van der Waals surface area contributed by atoms with Gasteiger partial charge in [-0.05, 0) is 36.8 Å². The van der Waals surface area contributed by atoms with Crippen LogP contribution in [-0.4, -0.2) is 21.9 Å². The minimum Gasteiger partial charge on any atom is -0.467 e. The molecule has 2 amide bonds. The van der Waals surface area contributed by atoms with E-state index in [0.717, 1.165) is 23.3 Å². The Morgan fingerprint density at radius 1 is 0.971 bits per heavy atom. The van der Waals surface area contributed by atoms with Gasteiger partial charge in [-0.15, -0.1) is 0 Å². The predicted octanol–water partition coefficient (Wildman–Crippen LogP) is 4.63. The number of nitrogens with one attached hydrogen (secondary N) is 1. The van der Waals surface area contributed by atoms with Crippen molar-refractivity contribution in [2.45, 2.75) is 26.6 Å². The molecule has 34 heavy (non-hydrogen) atoms. The number of hydrogen-bond acceptors (Lipinski definition) is 5. The van der Waals surface area contributed by atoms with Gasteiger partial charge in [0.25, 0.3) is 11.8 Å². The van der Waals surface area contributed by atoms with E-state index in [-0.39, 0.29) is 30.1 Å². The summed E-state index contributed by atoms with van der Waals surface area (Å²) in [6, 6.07) is 15.0. The van der Waals surface area contributed by atoms with E-state index < -0.39 is 23.4 Å². The first-order valence-electron chi connectivity index (χ1n) is 10.4. The van der Waals surface area contributed by atoms with Gasteiger partial charge in [0.05, 0.1) is 19.4 Å². The Balaban J connectivity index is 1.47. The number of amides is 2. The quantitative estimate of drug-likeness (QED) is 0.410. The molecule has 4 aromatic rings. The Labute approximate surface area is 194 Å². The van der Waals surface area contributed by atoms with Crippen LogP contribution < -0.4 is 5.32 Å². The molecule has 0 saturated heterocycles. The Morgan fingerprint density at radius 2 is 1.68 bits per heavy atom. The number of aryl methyl sites for hydroxylation is 1. The Kier molecular flexibility index (Phi) is 6.82. The molecular weight excluding hydrogens is 444 g/mol. The maximum atomic E-state index is 13.7. The van der Waals surface area contributed by atoms with E-state index >= 15 is 0 Å². The van der Waals surface area contributed by atoms with Crippen molar-refractivity contribution in [2.24, 2.45) is 0 Å². The van der Waals surface area contributed by atoms with Gasteiger partial charge in [-0.3, -0.25) is 9.59 Å². The number of carbonyl (C=O) groups excluding carboxylic acids is 2. The summed E-state index contributed by atoms with van der Waals surface area (Å²) in [5, 5.41) is 6.54. The van der Waals surface area contributed by atoms with Crippen LogP contribution in [0.4, 0.5) is 8.78 Å². The minimum absolute atomic E-state index is 0.0135. The molecule has 0 bridgehead atoms. The summed E-state index contributed by atoms with van der Waals surface area (Å²) >= 11 is 0. The first-order chi connectivity index (χ1) is 16.4. The lowest BCUT2D eigenvalue weighted by Gasteiger charge is -2.20. The number of rotatable bonds is 8. The molecule has 2 heterocycles. The van der Waals surface area contributed by atoms with Gasteiger partial charge in [0.15, 0.2) is 11.5 Å². The van der Waals surface area contributed by atoms with E-state index in [2.05, 4.69) is 10.5 Å². The number of carbonyl (C=O) groups is 2. The van der Waals surface area contributed by atoms with Crippen molar-refractivity contribution >= 4 is 11.8 Å². The van der Waals surface area contributed by atoms with Crippen LogP contribution in [0, 0.1) is 18.6 Å². The average Bonchev–Trinajstić information content (AvgIpc) is 3.49. The molecule has 2 aromatic carbocycles. The number of halogens is 2. The zero-order valence-corrected chi connectivity index (χ0v) is 18.3. The topological polar surface area (TPSA) is 88.6 Å². The fourth-order valence-corrected chi connectivity index (χ4v) is 3.31. The highest BCUT2D eigenvalue weighted by atomic mass is 19.1. The lowest BCUT2D eigenvalue weighted by atomic mass is 10.1. The first kappa shape index (κ1) is 22.9. The van der Waals surface area contributed by atoms with Gasteiger partial charge in [-0.25, -0.2) is 8.78 Å². The summed E-state index contributed by atoms with van der Waals surface area (Å²) in [7, 11) is 0. The highest BCUT2D eigenvalue weighted by molar-refractivity contribution is 5.94. The van der Waals surface area contributed by atoms with Crippen LogP contribution in [0.2, 0.25) is 0 Å². The molecule has 0 saturated carbocycles. The predicted molar refractivity (Wildman–Crippen MR) is 117 cm³/mol. The smallest absolute Gasteiger partial charge is 0.273 e. The SMILES string of the molecule is Cc1ccc(CNC(=O)c2cc(CN(Cc3ccco3)C(=O)c3cc(F)cc(F)c3)on2)cc1. The van der Waals surface area contributed by atoms with Crippen LogP contribution in [0.25, 0.3) is 0 Å². The molecular formula is C25H21F2N3O4. The van der Waals surface area contributed by atoms with Crippen LogP contribution in [0.3, 0.4) is 0 Å². The molecule has 9 heteroatoms. The van der Waals surface area contributed by atoms with E-state index in [1.54, 1.807) is 12.1 Å². The molecule has 0 aliphatic carbocycles. The summed E-state index contributed by atoms with van der Waals surface area (Å²) in [6.07, 6.45) is 1.45. The van der Waals surface area contributed by atoms with Crippen LogP contribution in [0.5, 0.6) is 0 Å². The molecule has 7 nitrogen and oxygen atoms in total. The zero-order valence-electron chi connectivity index (χ0n) is 18.3. The Hall–Kier alpha value is -4.27. The van der Waals surface area contributed by atoms with Crippen molar-refractivity contribution in [3.8, 4) is 0 Å². The summed E-state index contributed by atoms with van der Waals surface area (Å²) in [6.45, 7) is 2.20. The second kappa shape index (κ2) is 10.1. The van der Waals surface area contributed by atoms with E-state index in [9.17, 15) is 18.4 Å². The van der Waals surface area contributed by atoms with Gasteiger partial charge in [-0.2, -0.15) is 0 Å². The molecule has 0 spiro atoms. The lowest BCUT2D eigenvalue weighted by Crippen LogP contribution is -2.30. The van der Waals surface area contributed by atoms with E-state index in [1.165, 1.54) is 17.2 Å². The Bertz CT molecular complexity index is 1260. The number of nitrogens with zero attached hydrogens (tertiary/aromatic N) is 2. The molecule has 2 aromatic heterocycles. The standard InChI is InChI=1S/C25H21F2N3O4/c1-16-4-6-17(7-5-16)13-28-24(31)23-12-22(34-29-23)15-30(14-21-3-2-8-33-21)25(32)18-9-19(26)11-20(27)10-18/h2-12H,13-15H2,1H3,(H,28,31). The second-order valence-electron chi connectivity index (χ2n) is 7.75. The molecule has 0 atom stereocenters. The van der Waals surface area contributed by atoms with Gasteiger partial charge >= 0.3 is 0 Å². The summed E-state index contributed by atoms with van der Waals surface area (Å²) in [4.78, 5) is 26.8. The summed E-state index contributed by atoms with van der Waals surface area (Å²) in [5.41, 5.74) is 1.93. The van der Waals surface area contributed by atoms with Gasteiger partial charge in [-0.1, -0.05) is 35.0 Å². The monoisotopic (exact) mass is 465 g/mol. The molecule has 0 aliphatic rings.